The number of aromatic hydroxyl groups is 1. The van der Waals surface area contributed by atoms with Gasteiger partial charge in [0.15, 0.2) is 0 Å². The molecule has 0 unspecified atom stereocenters. The van der Waals surface area contributed by atoms with Crippen LogP contribution in [0.3, 0.4) is 0 Å². The van der Waals surface area contributed by atoms with Gasteiger partial charge in [-0.3, -0.25) is 9.59 Å². The van der Waals surface area contributed by atoms with Gasteiger partial charge in [0.05, 0.1) is 29.3 Å². The lowest BCUT2D eigenvalue weighted by Gasteiger charge is -2.18. The van der Waals surface area contributed by atoms with Gasteiger partial charge in [0.2, 0.25) is 5.91 Å². The van der Waals surface area contributed by atoms with Gasteiger partial charge < -0.3 is 20.1 Å². The minimum atomic E-state index is -0.496. The number of phenols is 1. The van der Waals surface area contributed by atoms with E-state index < -0.39 is 11.8 Å². The molecule has 0 saturated carbocycles. The Labute approximate surface area is 154 Å². The summed E-state index contributed by atoms with van der Waals surface area (Å²) in [6.45, 7) is -0.204. The molecule has 0 heterocycles. The number of hydrogen-bond donors (Lipinski definition) is 2. The first-order valence-electron chi connectivity index (χ1n) is 7.19. The van der Waals surface area contributed by atoms with Gasteiger partial charge in [0, 0.05) is 18.8 Å². The summed E-state index contributed by atoms with van der Waals surface area (Å²) in [5.41, 5.74) is 0.540. The van der Waals surface area contributed by atoms with E-state index in [1.807, 2.05) is 0 Å². The number of nitrogens with one attached hydrogen (secondary N) is 1. The maximum Gasteiger partial charge on any atom is 0.257 e. The summed E-state index contributed by atoms with van der Waals surface area (Å²) in [4.78, 5) is 25.6. The van der Waals surface area contributed by atoms with E-state index in [0.717, 1.165) is 0 Å². The maximum atomic E-state index is 12.4. The monoisotopic (exact) mass is 382 g/mol. The van der Waals surface area contributed by atoms with Crippen molar-refractivity contribution in [2.75, 3.05) is 26.0 Å². The fourth-order valence-corrected chi connectivity index (χ4v) is 2.38. The lowest BCUT2D eigenvalue weighted by atomic mass is 10.1. The van der Waals surface area contributed by atoms with Crippen LogP contribution in [-0.4, -0.2) is 42.5 Å². The largest absolute Gasteiger partial charge is 0.507 e. The Hall–Kier alpha value is -2.44. The summed E-state index contributed by atoms with van der Waals surface area (Å²) in [5, 5.41) is 13.2. The number of nitrogens with zero attached hydrogens (tertiary/aromatic N) is 1. The Kier molecular flexibility index (Phi) is 6.12. The van der Waals surface area contributed by atoms with Crippen molar-refractivity contribution in [2.45, 2.75) is 0 Å². The quantitative estimate of drug-likeness (QED) is 0.830. The topological polar surface area (TPSA) is 78.9 Å². The fraction of sp³-hybridized carbons (Fsp3) is 0.176. The molecule has 0 atom stereocenters. The molecule has 0 saturated heterocycles. The number of halogens is 2. The van der Waals surface area contributed by atoms with E-state index in [0.29, 0.717) is 21.5 Å². The first kappa shape index (κ1) is 18.9. The van der Waals surface area contributed by atoms with Crippen molar-refractivity contribution in [3.63, 3.8) is 0 Å². The van der Waals surface area contributed by atoms with Crippen molar-refractivity contribution in [3.05, 3.63) is 52.0 Å². The number of carbonyl (C=O) groups is 2. The number of hydrogen-bond acceptors (Lipinski definition) is 4. The molecule has 2 rings (SSSR count). The molecule has 2 N–H and O–H groups in total. The van der Waals surface area contributed by atoms with Crippen molar-refractivity contribution in [2.24, 2.45) is 0 Å². The summed E-state index contributed by atoms with van der Waals surface area (Å²) >= 11 is 11.7. The molecule has 0 aliphatic carbocycles. The van der Waals surface area contributed by atoms with Crippen molar-refractivity contribution in [1.29, 1.82) is 0 Å². The second-order valence-electron chi connectivity index (χ2n) is 5.22. The highest BCUT2D eigenvalue weighted by Gasteiger charge is 2.18. The summed E-state index contributed by atoms with van der Waals surface area (Å²) < 4.78 is 4.97. The van der Waals surface area contributed by atoms with Gasteiger partial charge in [0.1, 0.15) is 11.5 Å². The van der Waals surface area contributed by atoms with Gasteiger partial charge in [0.25, 0.3) is 5.91 Å². The predicted molar refractivity (Wildman–Crippen MR) is 96.7 cm³/mol. The van der Waals surface area contributed by atoms with Crippen molar-refractivity contribution in [3.8, 4) is 11.5 Å². The number of anilines is 1. The van der Waals surface area contributed by atoms with Crippen LogP contribution in [0.1, 0.15) is 10.4 Å². The van der Waals surface area contributed by atoms with Crippen LogP contribution in [0, 0.1) is 0 Å². The van der Waals surface area contributed by atoms with Crippen molar-refractivity contribution >= 4 is 40.7 Å². The molecule has 2 aromatic carbocycles. The van der Waals surface area contributed by atoms with Crippen molar-refractivity contribution in [1.82, 2.24) is 4.90 Å². The second kappa shape index (κ2) is 8.09. The zero-order valence-electron chi connectivity index (χ0n) is 13.5. The molecule has 8 heteroatoms. The summed E-state index contributed by atoms with van der Waals surface area (Å²) in [6, 6.07) is 8.99. The molecule has 0 aromatic heterocycles. The molecule has 0 fully saturated rings. The van der Waals surface area contributed by atoms with Gasteiger partial charge >= 0.3 is 0 Å². The van der Waals surface area contributed by atoms with Gasteiger partial charge in [-0.15, -0.1) is 0 Å². The van der Waals surface area contributed by atoms with Gasteiger partial charge in [-0.05, 0) is 30.3 Å². The molecule has 0 bridgehead atoms. The average Bonchev–Trinajstić information content (AvgIpc) is 2.57. The molecule has 0 aliphatic heterocycles. The highest BCUT2D eigenvalue weighted by atomic mass is 35.5. The van der Waals surface area contributed by atoms with Crippen LogP contribution in [0.5, 0.6) is 11.5 Å². The number of rotatable bonds is 5. The Morgan fingerprint density at radius 3 is 2.48 bits per heavy atom. The zero-order valence-corrected chi connectivity index (χ0v) is 15.1. The molecular formula is C17H16Cl2N2O4. The Bertz CT molecular complexity index is 811. The second-order valence-corrected chi connectivity index (χ2v) is 6.04. The molecule has 6 nitrogen and oxygen atoms in total. The third-order valence-corrected chi connectivity index (χ3v) is 4.11. The van der Waals surface area contributed by atoms with Crippen LogP contribution in [0.15, 0.2) is 36.4 Å². The van der Waals surface area contributed by atoms with E-state index in [9.17, 15) is 14.7 Å². The van der Waals surface area contributed by atoms with Crippen LogP contribution < -0.4 is 10.1 Å². The van der Waals surface area contributed by atoms with E-state index in [1.165, 1.54) is 37.3 Å². The first-order valence-corrected chi connectivity index (χ1v) is 7.94. The number of ether oxygens (including phenoxy) is 1. The average molecular weight is 383 g/mol. The lowest BCUT2D eigenvalue weighted by Crippen LogP contribution is -2.35. The molecule has 0 radical (unpaired) electrons. The third-order valence-electron chi connectivity index (χ3n) is 3.37. The van der Waals surface area contributed by atoms with Crippen LogP contribution in [0.2, 0.25) is 10.0 Å². The molecular weight excluding hydrogens is 367 g/mol. The first-order chi connectivity index (χ1) is 11.8. The fourth-order valence-electron chi connectivity index (χ4n) is 2.09. The van der Waals surface area contributed by atoms with E-state index in [-0.39, 0.29) is 17.9 Å². The Morgan fingerprint density at radius 1 is 1.16 bits per heavy atom. The van der Waals surface area contributed by atoms with E-state index in [2.05, 4.69) is 5.32 Å². The molecule has 25 heavy (non-hydrogen) atoms. The normalized spacial score (nSPS) is 10.2. The summed E-state index contributed by atoms with van der Waals surface area (Å²) in [6.07, 6.45) is 0. The maximum absolute atomic E-state index is 12.4. The number of amides is 2. The van der Waals surface area contributed by atoms with Crippen LogP contribution in [0.4, 0.5) is 5.69 Å². The van der Waals surface area contributed by atoms with Crippen molar-refractivity contribution < 1.29 is 19.4 Å². The number of phenolic OH excluding ortho intramolecular Hbond substituents is 1. The number of likely N-dealkylation sites (N-methyl/N-ethyl adjacent to an activating group) is 1. The minimum Gasteiger partial charge on any atom is -0.507 e. The van der Waals surface area contributed by atoms with Crippen LogP contribution >= 0.6 is 23.2 Å². The lowest BCUT2D eigenvalue weighted by molar-refractivity contribution is -0.116. The Morgan fingerprint density at radius 2 is 1.88 bits per heavy atom. The summed E-state index contributed by atoms with van der Waals surface area (Å²) in [7, 11) is 2.91. The molecule has 2 aromatic rings. The predicted octanol–water partition coefficient (Wildman–Crippen LogP) is 3.42. The van der Waals surface area contributed by atoms with Crippen LogP contribution in [0.25, 0.3) is 0 Å². The molecule has 0 spiro atoms. The standard InChI is InChI=1S/C17H16Cl2N2O4/c1-21(17(24)12-5-4-11(25-2)8-15(12)22)9-16(23)20-10-3-6-13(18)14(19)7-10/h3-8,22H,9H2,1-2H3,(H,20,23). The van der Waals surface area contributed by atoms with E-state index in [1.54, 1.807) is 18.2 Å². The smallest absolute Gasteiger partial charge is 0.257 e. The third kappa shape index (κ3) is 4.78. The SMILES string of the molecule is COc1ccc(C(=O)N(C)CC(=O)Nc2ccc(Cl)c(Cl)c2)c(O)c1. The van der Waals surface area contributed by atoms with Gasteiger partial charge in [-0.1, -0.05) is 23.2 Å². The summed E-state index contributed by atoms with van der Waals surface area (Å²) in [5.74, 6) is -0.707. The molecule has 2 amide bonds. The molecule has 132 valence electrons. The highest BCUT2D eigenvalue weighted by Crippen LogP contribution is 2.26. The number of methoxy groups -OCH3 is 1. The zero-order chi connectivity index (χ0) is 18.6. The highest BCUT2D eigenvalue weighted by molar-refractivity contribution is 6.42. The number of benzene rings is 2. The minimum absolute atomic E-state index is 0.0747. The Balaban J connectivity index is 2.02. The van der Waals surface area contributed by atoms with E-state index in [4.69, 9.17) is 27.9 Å². The number of carbonyl (C=O) groups excluding carboxylic acids is 2. The van der Waals surface area contributed by atoms with Crippen LogP contribution in [-0.2, 0) is 4.79 Å². The van der Waals surface area contributed by atoms with Gasteiger partial charge in [-0.2, -0.15) is 0 Å². The molecule has 0 aliphatic rings. The van der Waals surface area contributed by atoms with Gasteiger partial charge in [-0.25, -0.2) is 0 Å². The van der Waals surface area contributed by atoms with E-state index >= 15 is 0 Å².